The lowest BCUT2D eigenvalue weighted by Gasteiger charge is -2.02. The summed E-state index contributed by atoms with van der Waals surface area (Å²) in [6, 6.07) is 5.70. The van der Waals surface area contributed by atoms with Gasteiger partial charge in [-0.15, -0.1) is 10.2 Å². The molecule has 0 atom stereocenters. The number of benzene rings is 1. The van der Waals surface area contributed by atoms with E-state index in [0.717, 1.165) is 43.5 Å². The molecule has 1 heterocycles. The summed E-state index contributed by atoms with van der Waals surface area (Å²) >= 11 is 6.10. The third kappa shape index (κ3) is 3.81. The molecule has 5 heteroatoms. The molecule has 4 nitrogen and oxygen atoms in total. The van der Waals surface area contributed by atoms with Gasteiger partial charge >= 0.3 is 0 Å². The highest BCUT2D eigenvalue weighted by molar-refractivity contribution is 6.31. The minimum absolute atomic E-state index is 0.543. The maximum atomic E-state index is 6.10. The van der Waals surface area contributed by atoms with E-state index in [0.29, 0.717) is 16.8 Å². The van der Waals surface area contributed by atoms with E-state index in [2.05, 4.69) is 22.4 Å². The van der Waals surface area contributed by atoms with Gasteiger partial charge in [0.1, 0.15) is 0 Å². The Labute approximate surface area is 124 Å². The van der Waals surface area contributed by atoms with E-state index in [1.165, 1.54) is 0 Å². The first-order valence-corrected chi connectivity index (χ1v) is 7.38. The molecule has 0 aliphatic carbocycles. The predicted octanol–water partition coefficient (Wildman–Crippen LogP) is 3.63. The second kappa shape index (κ2) is 7.41. The van der Waals surface area contributed by atoms with Crippen molar-refractivity contribution < 1.29 is 4.42 Å². The lowest BCUT2D eigenvalue weighted by atomic mass is 10.1. The predicted molar refractivity (Wildman–Crippen MR) is 81.0 cm³/mol. The first-order chi connectivity index (χ1) is 9.72. The van der Waals surface area contributed by atoms with Gasteiger partial charge in [-0.3, -0.25) is 0 Å². The number of aryl methyl sites for hydroxylation is 1. The van der Waals surface area contributed by atoms with Crippen LogP contribution in [0.1, 0.15) is 31.2 Å². The summed E-state index contributed by atoms with van der Waals surface area (Å²) in [6.07, 6.45) is 2.94. The number of aromatic nitrogens is 2. The summed E-state index contributed by atoms with van der Waals surface area (Å²) in [5.41, 5.74) is 1.87. The number of nitrogens with zero attached hydrogens (tertiary/aromatic N) is 2. The monoisotopic (exact) mass is 293 g/mol. The summed E-state index contributed by atoms with van der Waals surface area (Å²) in [5, 5.41) is 12.3. The van der Waals surface area contributed by atoms with Crippen molar-refractivity contribution in [2.45, 2.75) is 33.1 Å². The topological polar surface area (TPSA) is 51.0 Å². The van der Waals surface area contributed by atoms with E-state index in [-0.39, 0.29) is 0 Å². The van der Waals surface area contributed by atoms with Crippen LogP contribution in [0.2, 0.25) is 5.02 Å². The molecule has 0 unspecified atom stereocenters. The van der Waals surface area contributed by atoms with Gasteiger partial charge in [-0.2, -0.15) is 0 Å². The second-order valence-electron chi connectivity index (χ2n) is 4.77. The van der Waals surface area contributed by atoms with E-state index < -0.39 is 0 Å². The Kier molecular flexibility index (Phi) is 5.56. The van der Waals surface area contributed by atoms with Crippen LogP contribution in [0.5, 0.6) is 0 Å². The molecule has 0 saturated carbocycles. The average molecular weight is 294 g/mol. The normalized spacial score (nSPS) is 10.9. The van der Waals surface area contributed by atoms with Crippen molar-refractivity contribution in [1.29, 1.82) is 0 Å². The van der Waals surface area contributed by atoms with E-state index in [9.17, 15) is 0 Å². The van der Waals surface area contributed by atoms with Gasteiger partial charge in [0.15, 0.2) is 0 Å². The molecule has 0 saturated heterocycles. The Morgan fingerprint density at radius 1 is 1.25 bits per heavy atom. The van der Waals surface area contributed by atoms with Crippen molar-refractivity contribution in [2.75, 3.05) is 13.1 Å². The van der Waals surface area contributed by atoms with Gasteiger partial charge in [0.25, 0.3) is 0 Å². The number of nitrogens with one attached hydrogen (secondary N) is 1. The summed E-state index contributed by atoms with van der Waals surface area (Å²) in [7, 11) is 0. The van der Waals surface area contributed by atoms with Crippen LogP contribution in [0.25, 0.3) is 11.5 Å². The maximum Gasteiger partial charge on any atom is 0.248 e. The van der Waals surface area contributed by atoms with Crippen molar-refractivity contribution in [3.05, 3.63) is 34.7 Å². The van der Waals surface area contributed by atoms with Crippen LogP contribution in [0.3, 0.4) is 0 Å². The van der Waals surface area contributed by atoms with Gasteiger partial charge in [0, 0.05) is 17.0 Å². The maximum absolute atomic E-state index is 6.10. The Bertz CT molecular complexity index is 554. The van der Waals surface area contributed by atoms with Crippen LogP contribution in [0, 0.1) is 6.92 Å². The minimum atomic E-state index is 0.543. The zero-order chi connectivity index (χ0) is 14.4. The molecule has 20 heavy (non-hydrogen) atoms. The fourth-order valence-corrected chi connectivity index (χ4v) is 2.14. The van der Waals surface area contributed by atoms with Crippen LogP contribution < -0.4 is 5.32 Å². The zero-order valence-corrected chi connectivity index (χ0v) is 12.7. The lowest BCUT2D eigenvalue weighted by Crippen LogP contribution is -2.16. The fourth-order valence-electron chi connectivity index (χ4n) is 1.97. The van der Waals surface area contributed by atoms with Crippen molar-refractivity contribution in [2.24, 2.45) is 0 Å². The van der Waals surface area contributed by atoms with Crippen LogP contribution in [0.15, 0.2) is 22.6 Å². The molecule has 2 aromatic rings. The molecule has 2 rings (SSSR count). The lowest BCUT2D eigenvalue weighted by molar-refractivity contribution is 0.491. The quantitative estimate of drug-likeness (QED) is 0.792. The van der Waals surface area contributed by atoms with E-state index in [4.69, 9.17) is 16.0 Å². The number of hydrogen-bond donors (Lipinski definition) is 1. The van der Waals surface area contributed by atoms with Crippen molar-refractivity contribution in [3.8, 4) is 11.5 Å². The molecule has 0 amide bonds. The Morgan fingerprint density at radius 3 is 2.90 bits per heavy atom. The summed E-state index contributed by atoms with van der Waals surface area (Å²) in [5.74, 6) is 1.22. The van der Waals surface area contributed by atoms with Gasteiger partial charge in [0.2, 0.25) is 11.8 Å². The Balaban J connectivity index is 1.97. The fraction of sp³-hybridized carbons (Fsp3) is 0.467. The smallest absolute Gasteiger partial charge is 0.248 e. The van der Waals surface area contributed by atoms with Crippen LogP contribution in [0.4, 0.5) is 0 Å². The molecule has 1 N–H and O–H groups in total. The summed E-state index contributed by atoms with van der Waals surface area (Å²) in [6.45, 7) is 6.14. The number of rotatable bonds is 7. The second-order valence-corrected chi connectivity index (χ2v) is 5.17. The van der Waals surface area contributed by atoms with Gasteiger partial charge in [-0.1, -0.05) is 24.6 Å². The Hall–Kier alpha value is -1.39. The van der Waals surface area contributed by atoms with E-state index >= 15 is 0 Å². The first kappa shape index (κ1) is 15.0. The first-order valence-electron chi connectivity index (χ1n) is 7.01. The third-order valence-electron chi connectivity index (χ3n) is 3.14. The summed E-state index contributed by atoms with van der Waals surface area (Å²) < 4.78 is 5.70. The molecule has 0 aliphatic heterocycles. The van der Waals surface area contributed by atoms with Crippen LogP contribution in [-0.4, -0.2) is 23.3 Å². The minimum Gasteiger partial charge on any atom is -0.421 e. The largest absolute Gasteiger partial charge is 0.421 e. The molecule has 1 aromatic carbocycles. The zero-order valence-electron chi connectivity index (χ0n) is 11.9. The number of hydrogen-bond acceptors (Lipinski definition) is 4. The number of halogens is 1. The molecule has 0 bridgehead atoms. The van der Waals surface area contributed by atoms with Crippen molar-refractivity contribution >= 4 is 11.6 Å². The molecule has 108 valence electrons. The standard InChI is InChI=1S/C15H20ClN3O/c1-3-9-17-10-5-8-14-18-19-15(20-14)12-6-4-7-13(16)11(12)2/h4,6-7,17H,3,5,8-10H2,1-2H3. The molecule has 0 aliphatic rings. The third-order valence-corrected chi connectivity index (χ3v) is 3.55. The van der Waals surface area contributed by atoms with Crippen molar-refractivity contribution in [1.82, 2.24) is 15.5 Å². The average Bonchev–Trinajstić information content (AvgIpc) is 2.90. The molecule has 1 aromatic heterocycles. The highest BCUT2D eigenvalue weighted by atomic mass is 35.5. The molecule has 0 spiro atoms. The highest BCUT2D eigenvalue weighted by Crippen LogP contribution is 2.27. The molecular weight excluding hydrogens is 274 g/mol. The molecule has 0 fully saturated rings. The van der Waals surface area contributed by atoms with Gasteiger partial charge in [-0.05, 0) is 50.6 Å². The SMILES string of the molecule is CCCNCCCc1nnc(-c2cccc(Cl)c2C)o1. The van der Waals surface area contributed by atoms with Crippen molar-refractivity contribution in [3.63, 3.8) is 0 Å². The highest BCUT2D eigenvalue weighted by Gasteiger charge is 2.12. The molecule has 0 radical (unpaired) electrons. The van der Waals surface area contributed by atoms with Crippen LogP contribution in [-0.2, 0) is 6.42 Å². The molecular formula is C15H20ClN3O. The van der Waals surface area contributed by atoms with Gasteiger partial charge in [-0.25, -0.2) is 0 Å². The van der Waals surface area contributed by atoms with Gasteiger partial charge < -0.3 is 9.73 Å². The van der Waals surface area contributed by atoms with E-state index in [1.807, 2.05) is 25.1 Å². The van der Waals surface area contributed by atoms with E-state index in [1.54, 1.807) is 0 Å². The van der Waals surface area contributed by atoms with Gasteiger partial charge in [0.05, 0.1) is 0 Å². The Morgan fingerprint density at radius 2 is 2.10 bits per heavy atom. The van der Waals surface area contributed by atoms with Crippen LogP contribution >= 0.6 is 11.6 Å². The summed E-state index contributed by atoms with van der Waals surface area (Å²) in [4.78, 5) is 0.